The Labute approximate surface area is 198 Å². The van der Waals surface area contributed by atoms with Gasteiger partial charge in [0.1, 0.15) is 21.9 Å². The molecule has 2 aromatic carbocycles. The number of benzene rings is 2. The number of rotatable bonds is 4. The lowest BCUT2D eigenvalue weighted by Crippen LogP contribution is -2.29. The Bertz CT molecular complexity index is 1590. The van der Waals surface area contributed by atoms with Crippen LogP contribution in [0, 0.1) is 13.8 Å². The molecule has 1 N–H and O–H groups in total. The van der Waals surface area contributed by atoms with Crippen LogP contribution in [0.25, 0.3) is 31.7 Å². The molecule has 164 valence electrons. The summed E-state index contributed by atoms with van der Waals surface area (Å²) in [5.41, 5.74) is 3.71. The van der Waals surface area contributed by atoms with E-state index in [2.05, 4.69) is 10.3 Å². The van der Waals surface area contributed by atoms with Gasteiger partial charge in [-0.2, -0.15) is 0 Å². The van der Waals surface area contributed by atoms with Crippen molar-refractivity contribution in [2.45, 2.75) is 20.4 Å². The van der Waals surface area contributed by atoms with Gasteiger partial charge in [0, 0.05) is 21.7 Å². The van der Waals surface area contributed by atoms with Crippen LogP contribution in [0.1, 0.15) is 11.4 Å². The molecule has 0 saturated carbocycles. The van der Waals surface area contributed by atoms with Gasteiger partial charge in [-0.25, -0.2) is 9.97 Å². The van der Waals surface area contributed by atoms with Crippen LogP contribution in [-0.4, -0.2) is 20.4 Å². The van der Waals surface area contributed by atoms with Gasteiger partial charge in [0.2, 0.25) is 5.91 Å². The minimum absolute atomic E-state index is 0.143. The molecule has 0 fully saturated rings. The average Bonchev–Trinajstić information content (AvgIpc) is 3.17. The zero-order chi connectivity index (χ0) is 23.1. The summed E-state index contributed by atoms with van der Waals surface area (Å²) in [6, 6.07) is 19.1. The summed E-state index contributed by atoms with van der Waals surface area (Å²) < 4.78 is 1.88. The summed E-state index contributed by atoms with van der Waals surface area (Å²) in [6.45, 7) is 3.47. The Morgan fingerprint density at radius 1 is 1.06 bits per heavy atom. The van der Waals surface area contributed by atoms with Crippen molar-refractivity contribution in [3.63, 3.8) is 0 Å². The number of amides is 1. The van der Waals surface area contributed by atoms with E-state index in [9.17, 15) is 9.59 Å². The second kappa shape index (κ2) is 8.42. The molecule has 0 radical (unpaired) electrons. The van der Waals surface area contributed by atoms with Gasteiger partial charge in [0.15, 0.2) is 0 Å². The maximum absolute atomic E-state index is 13.3. The number of carbonyl (C=O) groups is 1. The number of pyridine rings is 1. The maximum Gasteiger partial charge on any atom is 0.272 e. The highest BCUT2D eigenvalue weighted by Gasteiger charge is 2.17. The predicted molar refractivity (Wildman–Crippen MR) is 134 cm³/mol. The molecule has 0 atom stereocenters. The highest BCUT2D eigenvalue weighted by molar-refractivity contribution is 7.25. The number of nitrogens with one attached hydrogen (secondary N) is 1. The number of fused-ring (bicyclic) bond motifs is 3. The molecule has 3 heterocycles. The molecule has 1 amide bonds. The van der Waals surface area contributed by atoms with Crippen LogP contribution >= 0.6 is 22.9 Å². The van der Waals surface area contributed by atoms with Crippen molar-refractivity contribution in [2.75, 3.05) is 5.32 Å². The molecule has 8 heteroatoms. The van der Waals surface area contributed by atoms with Crippen LogP contribution in [0.5, 0.6) is 0 Å². The van der Waals surface area contributed by atoms with E-state index in [1.165, 1.54) is 15.9 Å². The van der Waals surface area contributed by atoms with Crippen LogP contribution in [0.3, 0.4) is 0 Å². The van der Waals surface area contributed by atoms with Gasteiger partial charge in [-0.15, -0.1) is 11.3 Å². The van der Waals surface area contributed by atoms with E-state index < -0.39 is 0 Å². The van der Waals surface area contributed by atoms with Crippen molar-refractivity contribution in [3.05, 3.63) is 87.4 Å². The molecule has 0 saturated heterocycles. The topological polar surface area (TPSA) is 76.9 Å². The van der Waals surface area contributed by atoms with E-state index in [1.54, 1.807) is 19.1 Å². The first-order chi connectivity index (χ1) is 15.9. The molecule has 0 aliphatic carbocycles. The number of carbonyl (C=O) groups excluding carboxylic acids is 1. The number of aromatic nitrogens is 3. The minimum atomic E-state index is -0.327. The van der Waals surface area contributed by atoms with Crippen LogP contribution in [0.2, 0.25) is 5.02 Å². The molecule has 3 aromatic heterocycles. The SMILES string of the molecule is Cc1ccc(NC(=O)Cn2c(C)nc3c(sc4nc(-c5ccccc5)ccc43)c2=O)cc1Cl. The molecule has 33 heavy (non-hydrogen) atoms. The largest absolute Gasteiger partial charge is 0.324 e. The number of thiophene rings is 1. The molecular formula is C25H19ClN4O2S. The smallest absolute Gasteiger partial charge is 0.272 e. The molecule has 0 bridgehead atoms. The lowest BCUT2D eigenvalue weighted by molar-refractivity contribution is -0.116. The van der Waals surface area contributed by atoms with Crippen molar-refractivity contribution in [1.82, 2.24) is 14.5 Å². The predicted octanol–water partition coefficient (Wildman–Crippen LogP) is 5.58. The fourth-order valence-corrected chi connectivity index (χ4v) is 4.93. The second-order valence-corrected chi connectivity index (χ2v) is 9.16. The van der Waals surface area contributed by atoms with E-state index in [4.69, 9.17) is 16.6 Å². The zero-order valence-electron chi connectivity index (χ0n) is 17.9. The molecule has 5 rings (SSSR count). The Morgan fingerprint density at radius 2 is 1.85 bits per heavy atom. The number of hydrogen-bond acceptors (Lipinski definition) is 5. The van der Waals surface area contributed by atoms with Crippen molar-refractivity contribution < 1.29 is 4.79 Å². The summed E-state index contributed by atoms with van der Waals surface area (Å²) in [4.78, 5) is 36.0. The van der Waals surface area contributed by atoms with Crippen molar-refractivity contribution in [3.8, 4) is 11.3 Å². The third-order valence-corrected chi connectivity index (χ3v) is 6.94. The number of nitrogens with zero attached hydrogens (tertiary/aromatic N) is 3. The lowest BCUT2D eigenvalue weighted by Gasteiger charge is -2.11. The molecule has 5 aromatic rings. The normalized spacial score (nSPS) is 11.2. The molecular weight excluding hydrogens is 456 g/mol. The molecule has 0 aliphatic rings. The third-order valence-electron chi connectivity index (χ3n) is 5.46. The summed E-state index contributed by atoms with van der Waals surface area (Å²) >= 11 is 7.44. The minimum Gasteiger partial charge on any atom is -0.324 e. The first-order valence-electron chi connectivity index (χ1n) is 10.3. The van der Waals surface area contributed by atoms with Crippen LogP contribution in [0.15, 0.2) is 65.5 Å². The van der Waals surface area contributed by atoms with Gasteiger partial charge in [0.05, 0.1) is 11.2 Å². The molecule has 0 aliphatic heterocycles. The van der Waals surface area contributed by atoms with E-state index >= 15 is 0 Å². The number of halogens is 1. The molecule has 6 nitrogen and oxygen atoms in total. The zero-order valence-corrected chi connectivity index (χ0v) is 19.5. The third kappa shape index (κ3) is 4.01. The average molecular weight is 475 g/mol. The Balaban J connectivity index is 1.50. The summed E-state index contributed by atoms with van der Waals surface area (Å²) in [7, 11) is 0. The lowest BCUT2D eigenvalue weighted by atomic mass is 10.1. The summed E-state index contributed by atoms with van der Waals surface area (Å²) in [5, 5.41) is 4.19. The molecule has 0 unspecified atom stereocenters. The van der Waals surface area contributed by atoms with Crippen molar-refractivity contribution in [1.29, 1.82) is 0 Å². The Hall–Kier alpha value is -3.55. The van der Waals surface area contributed by atoms with Gasteiger partial charge in [-0.05, 0) is 43.7 Å². The Kier molecular flexibility index (Phi) is 5.44. The van der Waals surface area contributed by atoms with Crippen LogP contribution < -0.4 is 10.9 Å². The fraction of sp³-hybridized carbons (Fsp3) is 0.120. The van der Waals surface area contributed by atoms with Crippen molar-refractivity contribution in [2.24, 2.45) is 0 Å². The van der Waals surface area contributed by atoms with Crippen LogP contribution in [-0.2, 0) is 11.3 Å². The quantitative estimate of drug-likeness (QED) is 0.368. The highest BCUT2D eigenvalue weighted by atomic mass is 35.5. The van der Waals surface area contributed by atoms with E-state index in [-0.39, 0.29) is 18.0 Å². The first kappa shape index (κ1) is 21.3. The van der Waals surface area contributed by atoms with E-state index in [1.807, 2.05) is 55.5 Å². The molecule has 0 spiro atoms. The first-order valence-corrected chi connectivity index (χ1v) is 11.5. The second-order valence-electron chi connectivity index (χ2n) is 7.76. The van der Waals surface area contributed by atoms with Crippen LogP contribution in [0.4, 0.5) is 5.69 Å². The monoisotopic (exact) mass is 474 g/mol. The van der Waals surface area contributed by atoms with Gasteiger partial charge >= 0.3 is 0 Å². The fourth-order valence-electron chi connectivity index (χ4n) is 3.68. The van der Waals surface area contributed by atoms with Gasteiger partial charge in [-0.1, -0.05) is 48.0 Å². The van der Waals surface area contributed by atoms with E-state index in [0.29, 0.717) is 26.8 Å². The standard InChI is InChI=1S/C25H19ClN4O2S/c1-14-8-9-17(12-19(14)26)28-21(31)13-30-15(2)27-22-18-10-11-20(16-6-4-3-5-7-16)29-24(18)33-23(22)25(30)32/h3-12H,13H2,1-2H3,(H,28,31). The number of hydrogen-bond donors (Lipinski definition) is 1. The van der Waals surface area contributed by atoms with Gasteiger partial charge in [0.25, 0.3) is 5.56 Å². The summed E-state index contributed by atoms with van der Waals surface area (Å²) in [5.74, 6) is 0.142. The number of aryl methyl sites for hydroxylation is 2. The van der Waals surface area contributed by atoms with Gasteiger partial charge in [-0.3, -0.25) is 14.2 Å². The number of anilines is 1. The summed E-state index contributed by atoms with van der Waals surface area (Å²) in [6.07, 6.45) is 0. The highest BCUT2D eigenvalue weighted by Crippen LogP contribution is 2.31. The maximum atomic E-state index is 13.3. The van der Waals surface area contributed by atoms with Crippen molar-refractivity contribution >= 4 is 55.0 Å². The Morgan fingerprint density at radius 3 is 2.61 bits per heavy atom. The van der Waals surface area contributed by atoms with E-state index in [0.717, 1.165) is 27.0 Å². The van der Waals surface area contributed by atoms with Gasteiger partial charge < -0.3 is 5.32 Å².